The molecule has 2 N–H and O–H groups in total. The summed E-state index contributed by atoms with van der Waals surface area (Å²) in [6.45, 7) is 6.36. The molecule has 2 aromatic carbocycles. The van der Waals surface area contributed by atoms with Crippen molar-refractivity contribution < 1.29 is 14.3 Å². The Hall–Kier alpha value is -3.59. The molecule has 0 aromatic heterocycles. The zero-order chi connectivity index (χ0) is 20.5. The largest absolute Gasteiger partial charge is 0.462 e. The van der Waals surface area contributed by atoms with Crippen LogP contribution in [-0.2, 0) is 16.1 Å². The first-order chi connectivity index (χ1) is 13.4. The van der Waals surface area contributed by atoms with E-state index in [4.69, 9.17) is 4.74 Å². The molecule has 0 aliphatic rings. The number of nitriles is 1. The zero-order valence-electron chi connectivity index (χ0n) is 16.2. The molecule has 0 bridgehead atoms. The number of nitrogens with one attached hydrogen (secondary N) is 2. The normalized spacial score (nSPS) is 10.7. The Morgan fingerprint density at radius 3 is 2.46 bits per heavy atom. The van der Waals surface area contributed by atoms with Gasteiger partial charge in [0, 0.05) is 18.4 Å². The van der Waals surface area contributed by atoms with Crippen molar-refractivity contribution in [2.45, 2.75) is 27.3 Å². The first kappa shape index (κ1) is 20.7. The number of carbonyl (C=O) groups excluding carboxylic acids is 2. The minimum atomic E-state index is -0.473. The second kappa shape index (κ2) is 9.93. The van der Waals surface area contributed by atoms with Crippen LogP contribution in [0.2, 0.25) is 0 Å². The molecule has 0 unspecified atom stereocenters. The Labute approximate surface area is 164 Å². The number of aryl methyl sites for hydroxylation is 2. The Morgan fingerprint density at radius 2 is 1.86 bits per heavy atom. The van der Waals surface area contributed by atoms with Crippen molar-refractivity contribution in [3.63, 3.8) is 0 Å². The summed E-state index contributed by atoms with van der Waals surface area (Å²) in [6, 6.07) is 14.5. The minimum Gasteiger partial charge on any atom is -0.462 e. The Bertz CT molecular complexity index is 925. The van der Waals surface area contributed by atoms with E-state index < -0.39 is 5.91 Å². The van der Waals surface area contributed by atoms with Crippen LogP contribution in [0, 0.1) is 25.2 Å². The number of hydrogen-bond acceptors (Lipinski definition) is 5. The molecule has 0 saturated carbocycles. The maximum atomic E-state index is 12.3. The van der Waals surface area contributed by atoms with Crippen LogP contribution in [0.15, 0.2) is 54.2 Å². The topological polar surface area (TPSA) is 91.2 Å². The Kier molecular flexibility index (Phi) is 7.35. The number of carbonyl (C=O) groups is 2. The van der Waals surface area contributed by atoms with E-state index in [-0.39, 0.29) is 11.5 Å². The number of esters is 1. The molecule has 144 valence electrons. The van der Waals surface area contributed by atoms with Crippen LogP contribution in [0.4, 0.5) is 5.69 Å². The summed E-state index contributed by atoms with van der Waals surface area (Å²) in [5.74, 6) is -0.837. The molecule has 0 radical (unpaired) electrons. The average Bonchev–Trinajstić information content (AvgIpc) is 2.68. The fraction of sp³-hybridized carbons (Fsp3) is 0.227. The van der Waals surface area contributed by atoms with E-state index in [9.17, 15) is 14.9 Å². The molecular weight excluding hydrogens is 354 g/mol. The molecule has 0 heterocycles. The van der Waals surface area contributed by atoms with Gasteiger partial charge < -0.3 is 15.4 Å². The van der Waals surface area contributed by atoms with Gasteiger partial charge >= 0.3 is 5.97 Å². The van der Waals surface area contributed by atoms with E-state index in [0.29, 0.717) is 24.4 Å². The number of nitrogens with zero attached hydrogens (tertiary/aromatic N) is 1. The molecule has 0 aliphatic heterocycles. The van der Waals surface area contributed by atoms with Crippen LogP contribution in [0.1, 0.15) is 34.0 Å². The third-order valence-electron chi connectivity index (χ3n) is 4.01. The fourth-order valence-electron chi connectivity index (χ4n) is 2.54. The highest BCUT2D eigenvalue weighted by molar-refractivity contribution is 6.06. The van der Waals surface area contributed by atoms with Crippen LogP contribution in [0.3, 0.4) is 0 Å². The summed E-state index contributed by atoms with van der Waals surface area (Å²) in [5, 5.41) is 15.0. The number of amides is 1. The molecular formula is C22H23N3O3. The van der Waals surface area contributed by atoms with E-state index in [2.05, 4.69) is 10.6 Å². The maximum Gasteiger partial charge on any atom is 0.338 e. The molecule has 0 spiro atoms. The van der Waals surface area contributed by atoms with Gasteiger partial charge in [-0.15, -0.1) is 0 Å². The third kappa shape index (κ3) is 5.71. The number of rotatable bonds is 7. The zero-order valence-corrected chi connectivity index (χ0v) is 16.2. The van der Waals surface area contributed by atoms with Crippen LogP contribution in [0.5, 0.6) is 0 Å². The van der Waals surface area contributed by atoms with Gasteiger partial charge in [-0.3, -0.25) is 4.79 Å². The average molecular weight is 377 g/mol. The van der Waals surface area contributed by atoms with E-state index in [1.807, 2.05) is 38.1 Å². The molecule has 0 aliphatic carbocycles. The van der Waals surface area contributed by atoms with Gasteiger partial charge in [0.15, 0.2) is 0 Å². The van der Waals surface area contributed by atoms with Crippen molar-refractivity contribution in [3.05, 3.63) is 76.5 Å². The molecule has 2 aromatic rings. The molecule has 0 saturated heterocycles. The number of ether oxygens (including phenoxy) is 1. The number of benzene rings is 2. The second-order valence-electron chi connectivity index (χ2n) is 6.24. The molecule has 0 atom stereocenters. The SMILES string of the molecule is CCOC(=O)c1ccc(CN/C=C(/C#N)C(=O)Nc2ccc(C)cc2C)cc1. The summed E-state index contributed by atoms with van der Waals surface area (Å²) in [4.78, 5) is 23.9. The van der Waals surface area contributed by atoms with Crippen LogP contribution < -0.4 is 10.6 Å². The first-order valence-electron chi connectivity index (χ1n) is 8.93. The van der Waals surface area contributed by atoms with Gasteiger partial charge in [-0.1, -0.05) is 29.8 Å². The highest BCUT2D eigenvalue weighted by Crippen LogP contribution is 2.16. The van der Waals surface area contributed by atoms with Crippen LogP contribution in [0.25, 0.3) is 0 Å². The Balaban J connectivity index is 1.96. The van der Waals surface area contributed by atoms with Crippen molar-refractivity contribution >= 4 is 17.6 Å². The van der Waals surface area contributed by atoms with Crippen LogP contribution in [-0.4, -0.2) is 18.5 Å². The molecule has 0 fully saturated rings. The highest BCUT2D eigenvalue weighted by atomic mass is 16.5. The van der Waals surface area contributed by atoms with Gasteiger partial charge in [0.25, 0.3) is 5.91 Å². The third-order valence-corrected chi connectivity index (χ3v) is 4.01. The number of hydrogen-bond donors (Lipinski definition) is 2. The van der Waals surface area contributed by atoms with Gasteiger partial charge in [0.1, 0.15) is 11.6 Å². The molecule has 28 heavy (non-hydrogen) atoms. The lowest BCUT2D eigenvalue weighted by Crippen LogP contribution is -2.17. The lowest BCUT2D eigenvalue weighted by Gasteiger charge is -2.09. The molecule has 2 rings (SSSR count). The number of anilines is 1. The quantitative estimate of drug-likeness (QED) is 0.437. The predicted molar refractivity (Wildman–Crippen MR) is 107 cm³/mol. The molecule has 6 nitrogen and oxygen atoms in total. The van der Waals surface area contributed by atoms with Gasteiger partial charge in [0.05, 0.1) is 12.2 Å². The van der Waals surface area contributed by atoms with Crippen molar-refractivity contribution in [1.82, 2.24) is 5.32 Å². The predicted octanol–water partition coefficient (Wildman–Crippen LogP) is 3.62. The van der Waals surface area contributed by atoms with E-state index in [0.717, 1.165) is 16.7 Å². The van der Waals surface area contributed by atoms with E-state index >= 15 is 0 Å². The summed E-state index contributed by atoms with van der Waals surface area (Å²) < 4.78 is 4.94. The molecule has 1 amide bonds. The van der Waals surface area contributed by atoms with Crippen molar-refractivity contribution in [2.24, 2.45) is 0 Å². The smallest absolute Gasteiger partial charge is 0.338 e. The van der Waals surface area contributed by atoms with E-state index in [1.165, 1.54) is 6.20 Å². The summed E-state index contributed by atoms with van der Waals surface area (Å²) in [7, 11) is 0. The van der Waals surface area contributed by atoms with Gasteiger partial charge in [-0.25, -0.2) is 4.79 Å². The maximum absolute atomic E-state index is 12.3. The summed E-state index contributed by atoms with van der Waals surface area (Å²) in [5.41, 5.74) is 4.06. The standard InChI is InChI=1S/C22H23N3O3/c1-4-28-22(27)18-8-6-17(7-9-18)13-24-14-19(12-23)21(26)25-20-10-5-15(2)11-16(20)3/h5-11,14,24H,4,13H2,1-3H3,(H,25,26)/b19-14-. The summed E-state index contributed by atoms with van der Waals surface area (Å²) in [6.07, 6.45) is 1.39. The fourth-order valence-corrected chi connectivity index (χ4v) is 2.54. The second-order valence-corrected chi connectivity index (χ2v) is 6.24. The van der Waals surface area contributed by atoms with Crippen molar-refractivity contribution in [2.75, 3.05) is 11.9 Å². The van der Waals surface area contributed by atoms with Gasteiger partial charge in [0.2, 0.25) is 0 Å². The van der Waals surface area contributed by atoms with Crippen molar-refractivity contribution in [1.29, 1.82) is 5.26 Å². The highest BCUT2D eigenvalue weighted by Gasteiger charge is 2.11. The van der Waals surface area contributed by atoms with Gasteiger partial charge in [-0.05, 0) is 50.1 Å². The van der Waals surface area contributed by atoms with Crippen LogP contribution >= 0.6 is 0 Å². The van der Waals surface area contributed by atoms with Gasteiger partial charge in [-0.2, -0.15) is 5.26 Å². The minimum absolute atomic E-state index is 0.0249. The van der Waals surface area contributed by atoms with Crippen molar-refractivity contribution in [3.8, 4) is 6.07 Å². The lowest BCUT2D eigenvalue weighted by atomic mass is 10.1. The molecule has 6 heteroatoms. The summed E-state index contributed by atoms with van der Waals surface area (Å²) >= 11 is 0. The first-order valence-corrected chi connectivity index (χ1v) is 8.93. The monoisotopic (exact) mass is 377 g/mol. The van der Waals surface area contributed by atoms with E-state index in [1.54, 1.807) is 31.2 Å². The Morgan fingerprint density at radius 1 is 1.14 bits per heavy atom. The lowest BCUT2D eigenvalue weighted by molar-refractivity contribution is -0.112.